The molecule has 23 heavy (non-hydrogen) atoms. The molecule has 2 aromatic rings. The van der Waals surface area contributed by atoms with Gasteiger partial charge in [-0.15, -0.1) is 0 Å². The summed E-state index contributed by atoms with van der Waals surface area (Å²) in [5, 5.41) is 6.76. The van der Waals surface area contributed by atoms with E-state index in [1.165, 1.54) is 6.92 Å². The van der Waals surface area contributed by atoms with Gasteiger partial charge < -0.3 is 9.84 Å². The average Bonchev–Trinajstić information content (AvgIpc) is 2.84. The minimum Gasteiger partial charge on any atom is -0.360 e. The van der Waals surface area contributed by atoms with E-state index < -0.39 is 10.0 Å². The highest BCUT2D eigenvalue weighted by Crippen LogP contribution is 2.18. The van der Waals surface area contributed by atoms with Gasteiger partial charge in [0.25, 0.3) is 5.91 Å². The molecule has 0 bridgehead atoms. The van der Waals surface area contributed by atoms with Gasteiger partial charge in [-0.05, 0) is 38.1 Å². The van der Waals surface area contributed by atoms with E-state index in [2.05, 4.69) is 15.2 Å². The fourth-order valence-corrected chi connectivity index (χ4v) is 3.48. The SMILES string of the molecule is Cc1noc(C)c1S(=O)(=O)NCCNC(=O)c1ccc(Cl)cc1. The number of benzene rings is 1. The Labute approximate surface area is 139 Å². The van der Waals surface area contributed by atoms with E-state index in [0.29, 0.717) is 16.3 Å². The van der Waals surface area contributed by atoms with E-state index in [9.17, 15) is 13.2 Å². The molecular formula is C14H16ClN3O4S. The zero-order valence-electron chi connectivity index (χ0n) is 12.6. The molecule has 1 amide bonds. The smallest absolute Gasteiger partial charge is 0.251 e. The number of aromatic nitrogens is 1. The summed E-state index contributed by atoms with van der Waals surface area (Å²) in [7, 11) is -3.72. The number of nitrogens with one attached hydrogen (secondary N) is 2. The maximum atomic E-state index is 12.1. The van der Waals surface area contributed by atoms with Crippen LogP contribution >= 0.6 is 11.6 Å². The number of aryl methyl sites for hydroxylation is 2. The number of amides is 1. The fourth-order valence-electron chi connectivity index (χ4n) is 2.00. The summed E-state index contributed by atoms with van der Waals surface area (Å²) in [6.45, 7) is 3.26. The van der Waals surface area contributed by atoms with E-state index >= 15 is 0 Å². The second-order valence-corrected chi connectivity index (χ2v) is 6.95. The standard InChI is InChI=1S/C14H16ClN3O4S/c1-9-13(10(2)22-18-9)23(20,21)17-8-7-16-14(19)11-3-5-12(15)6-4-11/h3-6,17H,7-8H2,1-2H3,(H,16,19). The van der Waals surface area contributed by atoms with Crippen LogP contribution in [0.3, 0.4) is 0 Å². The molecule has 124 valence electrons. The van der Waals surface area contributed by atoms with Crippen LogP contribution in [-0.4, -0.2) is 32.6 Å². The van der Waals surface area contributed by atoms with Crippen LogP contribution in [0.2, 0.25) is 5.02 Å². The van der Waals surface area contributed by atoms with Crippen molar-refractivity contribution in [2.75, 3.05) is 13.1 Å². The van der Waals surface area contributed by atoms with Crippen LogP contribution in [0.1, 0.15) is 21.8 Å². The van der Waals surface area contributed by atoms with Gasteiger partial charge in [-0.2, -0.15) is 0 Å². The van der Waals surface area contributed by atoms with Crippen molar-refractivity contribution in [2.24, 2.45) is 0 Å². The first-order valence-corrected chi connectivity index (χ1v) is 8.63. The maximum absolute atomic E-state index is 12.1. The third kappa shape index (κ3) is 4.31. The number of hydrogen-bond acceptors (Lipinski definition) is 5. The highest BCUT2D eigenvalue weighted by molar-refractivity contribution is 7.89. The summed E-state index contributed by atoms with van der Waals surface area (Å²) >= 11 is 5.75. The Kier molecular flexibility index (Phi) is 5.40. The lowest BCUT2D eigenvalue weighted by Gasteiger charge is -2.08. The number of carbonyl (C=O) groups is 1. The summed E-state index contributed by atoms with van der Waals surface area (Å²) in [5.74, 6) is -0.0848. The summed E-state index contributed by atoms with van der Waals surface area (Å²) in [5.41, 5.74) is 0.739. The predicted molar refractivity (Wildman–Crippen MR) is 85.0 cm³/mol. The van der Waals surface area contributed by atoms with E-state index in [0.717, 1.165) is 0 Å². The van der Waals surface area contributed by atoms with Gasteiger partial charge in [0.1, 0.15) is 10.6 Å². The molecule has 9 heteroatoms. The van der Waals surface area contributed by atoms with Crippen LogP contribution in [0.15, 0.2) is 33.7 Å². The van der Waals surface area contributed by atoms with Crippen molar-refractivity contribution in [3.63, 3.8) is 0 Å². The van der Waals surface area contributed by atoms with Crippen molar-refractivity contribution < 1.29 is 17.7 Å². The van der Waals surface area contributed by atoms with Crippen LogP contribution in [0.25, 0.3) is 0 Å². The molecule has 0 saturated heterocycles. The van der Waals surface area contributed by atoms with Crippen molar-refractivity contribution in [1.82, 2.24) is 15.2 Å². The number of rotatable bonds is 6. The van der Waals surface area contributed by atoms with Gasteiger partial charge in [-0.1, -0.05) is 16.8 Å². The number of nitrogens with zero attached hydrogens (tertiary/aromatic N) is 1. The lowest BCUT2D eigenvalue weighted by molar-refractivity contribution is 0.0954. The molecular weight excluding hydrogens is 342 g/mol. The molecule has 1 aromatic carbocycles. The van der Waals surface area contributed by atoms with Crippen LogP contribution in [0.5, 0.6) is 0 Å². The zero-order valence-corrected chi connectivity index (χ0v) is 14.2. The van der Waals surface area contributed by atoms with Crippen LogP contribution in [-0.2, 0) is 10.0 Å². The predicted octanol–water partition coefficient (Wildman–Crippen LogP) is 1.65. The maximum Gasteiger partial charge on any atom is 0.251 e. The summed E-state index contributed by atoms with van der Waals surface area (Å²) in [4.78, 5) is 11.9. The highest BCUT2D eigenvalue weighted by atomic mass is 35.5. The van der Waals surface area contributed by atoms with Crippen LogP contribution in [0, 0.1) is 13.8 Å². The Morgan fingerprint density at radius 2 is 1.87 bits per heavy atom. The summed E-state index contributed by atoms with van der Waals surface area (Å²) < 4.78 is 31.5. The average molecular weight is 358 g/mol. The van der Waals surface area contributed by atoms with Crippen molar-refractivity contribution >= 4 is 27.5 Å². The molecule has 0 atom stereocenters. The minimum absolute atomic E-state index is 0.0292. The van der Waals surface area contributed by atoms with Gasteiger partial charge in [-0.3, -0.25) is 4.79 Å². The van der Waals surface area contributed by atoms with E-state index in [4.69, 9.17) is 16.1 Å². The Balaban J connectivity index is 1.88. The minimum atomic E-state index is -3.72. The normalized spacial score (nSPS) is 11.4. The topological polar surface area (TPSA) is 101 Å². The highest BCUT2D eigenvalue weighted by Gasteiger charge is 2.23. The Morgan fingerprint density at radius 3 is 2.43 bits per heavy atom. The lowest BCUT2D eigenvalue weighted by Crippen LogP contribution is -2.35. The van der Waals surface area contributed by atoms with Gasteiger partial charge >= 0.3 is 0 Å². The molecule has 7 nitrogen and oxygen atoms in total. The molecule has 1 heterocycles. The monoisotopic (exact) mass is 357 g/mol. The van der Waals surface area contributed by atoms with Crippen molar-refractivity contribution in [2.45, 2.75) is 18.7 Å². The number of sulfonamides is 1. The molecule has 0 saturated carbocycles. The molecule has 0 aliphatic carbocycles. The van der Waals surface area contributed by atoms with E-state index in [1.807, 2.05) is 0 Å². The summed E-state index contributed by atoms with van der Waals surface area (Å²) in [6, 6.07) is 6.39. The lowest BCUT2D eigenvalue weighted by atomic mass is 10.2. The van der Waals surface area contributed by atoms with Gasteiger partial charge in [0.05, 0.1) is 0 Å². The summed E-state index contributed by atoms with van der Waals surface area (Å²) in [6.07, 6.45) is 0. The van der Waals surface area contributed by atoms with Crippen molar-refractivity contribution in [1.29, 1.82) is 0 Å². The third-order valence-corrected chi connectivity index (χ3v) is 5.00. The van der Waals surface area contributed by atoms with Gasteiger partial charge in [0, 0.05) is 23.7 Å². The first kappa shape index (κ1) is 17.5. The van der Waals surface area contributed by atoms with Gasteiger partial charge in [0.2, 0.25) is 10.0 Å². The molecule has 0 unspecified atom stereocenters. The third-order valence-electron chi connectivity index (χ3n) is 3.05. The molecule has 0 radical (unpaired) electrons. The van der Waals surface area contributed by atoms with E-state index in [1.54, 1.807) is 31.2 Å². The molecule has 0 fully saturated rings. The van der Waals surface area contributed by atoms with Crippen LogP contribution in [0.4, 0.5) is 0 Å². The first-order chi connectivity index (χ1) is 10.8. The molecule has 0 aliphatic rings. The molecule has 2 N–H and O–H groups in total. The number of carbonyl (C=O) groups excluding carboxylic acids is 1. The molecule has 0 spiro atoms. The number of hydrogen-bond donors (Lipinski definition) is 2. The Bertz CT molecular complexity index is 780. The molecule has 1 aromatic heterocycles. The number of halogens is 1. The van der Waals surface area contributed by atoms with Crippen LogP contribution < -0.4 is 10.0 Å². The largest absolute Gasteiger partial charge is 0.360 e. The quantitative estimate of drug-likeness (QED) is 0.765. The second-order valence-electron chi connectivity index (χ2n) is 4.81. The Morgan fingerprint density at radius 1 is 1.22 bits per heavy atom. The second kappa shape index (κ2) is 7.12. The fraction of sp³-hybridized carbons (Fsp3) is 0.286. The Hall–Kier alpha value is -1.90. The van der Waals surface area contributed by atoms with Gasteiger partial charge in [-0.25, -0.2) is 13.1 Å². The zero-order chi connectivity index (χ0) is 17.0. The van der Waals surface area contributed by atoms with Gasteiger partial charge in [0.15, 0.2) is 5.76 Å². The van der Waals surface area contributed by atoms with Crippen molar-refractivity contribution in [3.8, 4) is 0 Å². The molecule has 0 aliphatic heterocycles. The van der Waals surface area contributed by atoms with Crippen molar-refractivity contribution in [3.05, 3.63) is 46.3 Å². The molecule has 2 rings (SSSR count). The first-order valence-electron chi connectivity index (χ1n) is 6.77. The van der Waals surface area contributed by atoms with E-state index in [-0.39, 0.29) is 29.7 Å².